The molecular weight excluding hydrogens is 344 g/mol. The van der Waals surface area contributed by atoms with E-state index >= 15 is 0 Å². The van der Waals surface area contributed by atoms with E-state index in [-0.39, 0.29) is 17.1 Å². The molecule has 0 amide bonds. The number of ether oxygens (including phenoxy) is 3. The predicted octanol–water partition coefficient (Wildman–Crippen LogP) is 5.59. The molecule has 3 rings (SSSR count). The molecule has 0 aliphatic heterocycles. The molecule has 27 heavy (non-hydrogen) atoms. The SMILES string of the molecule is COc1c(Oc2ccc(C)cc2)cc(Oc2ccc(C)cc2)cc1C(=O)O. The van der Waals surface area contributed by atoms with Gasteiger partial charge in [-0.2, -0.15) is 0 Å². The molecule has 0 aliphatic carbocycles. The highest BCUT2D eigenvalue weighted by atomic mass is 16.5. The third kappa shape index (κ3) is 4.39. The molecule has 0 aliphatic rings. The first-order chi connectivity index (χ1) is 13.0. The summed E-state index contributed by atoms with van der Waals surface area (Å²) in [5, 5.41) is 9.56. The van der Waals surface area contributed by atoms with Gasteiger partial charge in [0.25, 0.3) is 0 Å². The van der Waals surface area contributed by atoms with E-state index in [0.29, 0.717) is 17.2 Å². The van der Waals surface area contributed by atoms with Gasteiger partial charge in [-0.3, -0.25) is 0 Å². The molecule has 5 nitrogen and oxygen atoms in total. The van der Waals surface area contributed by atoms with Crippen LogP contribution in [0.25, 0.3) is 0 Å². The van der Waals surface area contributed by atoms with Crippen LogP contribution in [0.5, 0.6) is 28.7 Å². The normalized spacial score (nSPS) is 10.3. The van der Waals surface area contributed by atoms with Gasteiger partial charge in [0, 0.05) is 6.07 Å². The zero-order valence-electron chi connectivity index (χ0n) is 15.4. The molecule has 0 bridgehead atoms. The molecule has 0 radical (unpaired) electrons. The van der Waals surface area contributed by atoms with E-state index in [0.717, 1.165) is 11.1 Å². The molecule has 0 aromatic heterocycles. The minimum atomic E-state index is -1.13. The van der Waals surface area contributed by atoms with Crippen molar-refractivity contribution >= 4 is 5.97 Å². The van der Waals surface area contributed by atoms with Gasteiger partial charge < -0.3 is 19.3 Å². The van der Waals surface area contributed by atoms with Crippen molar-refractivity contribution in [2.45, 2.75) is 13.8 Å². The topological polar surface area (TPSA) is 65.0 Å². The van der Waals surface area contributed by atoms with Crippen LogP contribution >= 0.6 is 0 Å². The van der Waals surface area contributed by atoms with Crippen LogP contribution in [-0.2, 0) is 0 Å². The first-order valence-electron chi connectivity index (χ1n) is 8.40. The lowest BCUT2D eigenvalue weighted by Gasteiger charge is -2.15. The van der Waals surface area contributed by atoms with E-state index in [1.807, 2.05) is 62.4 Å². The smallest absolute Gasteiger partial charge is 0.339 e. The summed E-state index contributed by atoms with van der Waals surface area (Å²) in [5.41, 5.74) is 2.16. The van der Waals surface area contributed by atoms with Crippen LogP contribution in [0.4, 0.5) is 0 Å². The standard InChI is InChI=1S/C22H20O5/c1-14-4-8-16(9-5-14)26-18-12-19(22(23)24)21(25-3)20(13-18)27-17-10-6-15(2)7-11-17/h4-13H,1-3H3,(H,23,24). The third-order valence-corrected chi connectivity index (χ3v) is 3.97. The van der Waals surface area contributed by atoms with Crippen molar-refractivity contribution in [2.24, 2.45) is 0 Å². The molecule has 3 aromatic rings. The van der Waals surface area contributed by atoms with Crippen LogP contribution in [0.1, 0.15) is 21.5 Å². The van der Waals surface area contributed by atoms with Gasteiger partial charge in [-0.1, -0.05) is 35.4 Å². The summed E-state index contributed by atoms with van der Waals surface area (Å²) in [6.07, 6.45) is 0. The number of hydrogen-bond acceptors (Lipinski definition) is 4. The summed E-state index contributed by atoms with van der Waals surface area (Å²) in [5.74, 6) is 0.794. The molecule has 0 heterocycles. The molecule has 0 atom stereocenters. The lowest BCUT2D eigenvalue weighted by Crippen LogP contribution is -2.03. The Kier molecular flexibility index (Phi) is 5.31. The summed E-state index contributed by atoms with van der Waals surface area (Å²) in [6, 6.07) is 17.9. The number of benzene rings is 3. The molecular formula is C22H20O5. The van der Waals surface area contributed by atoms with Gasteiger partial charge in [0.05, 0.1) is 7.11 Å². The molecule has 5 heteroatoms. The number of hydrogen-bond donors (Lipinski definition) is 1. The van der Waals surface area contributed by atoms with E-state index in [2.05, 4.69) is 0 Å². The van der Waals surface area contributed by atoms with E-state index < -0.39 is 5.97 Å². The number of carboxylic acids is 1. The molecule has 3 aromatic carbocycles. The average Bonchev–Trinajstić information content (AvgIpc) is 2.65. The molecule has 1 N–H and O–H groups in total. The maximum Gasteiger partial charge on any atom is 0.339 e. The highest BCUT2D eigenvalue weighted by Crippen LogP contribution is 2.39. The maximum absolute atomic E-state index is 11.7. The first-order valence-corrected chi connectivity index (χ1v) is 8.40. The van der Waals surface area contributed by atoms with Crippen LogP contribution < -0.4 is 14.2 Å². The number of carbonyl (C=O) groups is 1. The van der Waals surface area contributed by atoms with Crippen LogP contribution in [0, 0.1) is 13.8 Å². The Morgan fingerprint density at radius 3 is 1.78 bits per heavy atom. The summed E-state index contributed by atoms with van der Waals surface area (Å²) in [4.78, 5) is 11.7. The van der Waals surface area contributed by atoms with E-state index in [9.17, 15) is 9.90 Å². The quantitative estimate of drug-likeness (QED) is 0.617. The van der Waals surface area contributed by atoms with Crippen molar-refractivity contribution in [3.8, 4) is 28.7 Å². The molecule has 0 saturated carbocycles. The van der Waals surface area contributed by atoms with E-state index in [1.54, 1.807) is 6.07 Å². The Morgan fingerprint density at radius 2 is 1.30 bits per heavy atom. The van der Waals surface area contributed by atoms with E-state index in [4.69, 9.17) is 14.2 Å². The van der Waals surface area contributed by atoms with Crippen molar-refractivity contribution in [3.05, 3.63) is 77.4 Å². The second-order valence-corrected chi connectivity index (χ2v) is 6.14. The number of carboxylic acid groups (broad SMARTS) is 1. The van der Waals surface area contributed by atoms with Gasteiger partial charge in [0.1, 0.15) is 22.8 Å². The second kappa shape index (κ2) is 7.83. The van der Waals surface area contributed by atoms with Crippen LogP contribution in [0.15, 0.2) is 60.7 Å². The number of aromatic carboxylic acids is 1. The fourth-order valence-electron chi connectivity index (χ4n) is 2.56. The first kappa shape index (κ1) is 18.3. The maximum atomic E-state index is 11.7. The van der Waals surface area contributed by atoms with Crippen LogP contribution in [0.3, 0.4) is 0 Å². The Labute approximate surface area is 157 Å². The van der Waals surface area contributed by atoms with E-state index in [1.165, 1.54) is 13.2 Å². The average molecular weight is 364 g/mol. The number of aryl methyl sites for hydroxylation is 2. The van der Waals surface area contributed by atoms with Gasteiger partial charge in [0.15, 0.2) is 11.5 Å². The lowest BCUT2D eigenvalue weighted by atomic mass is 10.1. The zero-order chi connectivity index (χ0) is 19.4. The third-order valence-electron chi connectivity index (χ3n) is 3.97. The summed E-state index contributed by atoms with van der Waals surface area (Å²) in [7, 11) is 1.41. The Balaban J connectivity index is 2.01. The van der Waals surface area contributed by atoms with Crippen molar-refractivity contribution in [1.29, 1.82) is 0 Å². The highest BCUT2D eigenvalue weighted by Gasteiger charge is 2.20. The monoisotopic (exact) mass is 364 g/mol. The van der Waals surface area contributed by atoms with Gasteiger partial charge in [-0.25, -0.2) is 4.79 Å². The van der Waals surface area contributed by atoms with Gasteiger partial charge in [-0.05, 0) is 44.2 Å². The molecule has 0 fully saturated rings. The van der Waals surface area contributed by atoms with Gasteiger partial charge in [-0.15, -0.1) is 0 Å². The fourth-order valence-corrected chi connectivity index (χ4v) is 2.56. The van der Waals surface area contributed by atoms with Crippen molar-refractivity contribution in [1.82, 2.24) is 0 Å². The number of rotatable bonds is 6. The Morgan fingerprint density at radius 1 is 0.778 bits per heavy atom. The summed E-state index contributed by atoms with van der Waals surface area (Å²) >= 11 is 0. The lowest BCUT2D eigenvalue weighted by molar-refractivity contribution is 0.0692. The minimum Gasteiger partial charge on any atom is -0.492 e. The van der Waals surface area contributed by atoms with Crippen molar-refractivity contribution < 1.29 is 24.1 Å². The molecule has 0 unspecified atom stereocenters. The van der Waals surface area contributed by atoms with Crippen LogP contribution in [-0.4, -0.2) is 18.2 Å². The Bertz CT molecular complexity index is 944. The van der Waals surface area contributed by atoms with Gasteiger partial charge >= 0.3 is 5.97 Å². The largest absolute Gasteiger partial charge is 0.492 e. The predicted molar refractivity (Wildman–Crippen MR) is 102 cm³/mol. The second-order valence-electron chi connectivity index (χ2n) is 6.14. The zero-order valence-corrected chi connectivity index (χ0v) is 15.4. The minimum absolute atomic E-state index is 0.0378. The van der Waals surface area contributed by atoms with Crippen molar-refractivity contribution in [2.75, 3.05) is 7.11 Å². The fraction of sp³-hybridized carbons (Fsp3) is 0.136. The number of methoxy groups -OCH3 is 1. The molecule has 0 saturated heterocycles. The highest BCUT2D eigenvalue weighted by molar-refractivity contribution is 5.92. The molecule has 138 valence electrons. The summed E-state index contributed by atoms with van der Waals surface area (Å²) < 4.78 is 17.0. The van der Waals surface area contributed by atoms with Crippen molar-refractivity contribution in [3.63, 3.8) is 0 Å². The summed E-state index contributed by atoms with van der Waals surface area (Å²) in [6.45, 7) is 3.95. The molecule has 0 spiro atoms. The Hall–Kier alpha value is -3.47. The van der Waals surface area contributed by atoms with Crippen LogP contribution in [0.2, 0.25) is 0 Å². The van der Waals surface area contributed by atoms with Gasteiger partial charge in [0.2, 0.25) is 0 Å².